The van der Waals surface area contributed by atoms with Crippen LogP contribution in [0.15, 0.2) is 35.7 Å². The molecule has 0 saturated heterocycles. The van der Waals surface area contributed by atoms with E-state index < -0.39 is 0 Å². The van der Waals surface area contributed by atoms with Crippen LogP contribution in [0.2, 0.25) is 0 Å². The summed E-state index contributed by atoms with van der Waals surface area (Å²) in [5, 5.41) is 12.0. The van der Waals surface area contributed by atoms with E-state index in [0.29, 0.717) is 5.75 Å². The van der Waals surface area contributed by atoms with Gasteiger partial charge in [0.1, 0.15) is 22.8 Å². The Morgan fingerprint density at radius 3 is 2.82 bits per heavy atom. The molecule has 0 aliphatic rings. The van der Waals surface area contributed by atoms with Gasteiger partial charge < -0.3 is 19.3 Å². The maximum Gasteiger partial charge on any atom is 0.193 e. The maximum atomic E-state index is 12.3. The summed E-state index contributed by atoms with van der Waals surface area (Å²) in [6.07, 6.45) is 3.09. The summed E-state index contributed by atoms with van der Waals surface area (Å²) in [4.78, 5) is 13.3. The molecule has 0 aliphatic heterocycles. The average Bonchev–Trinajstić information content (AvgIpc) is 3.03. The Morgan fingerprint density at radius 2 is 2.18 bits per heavy atom. The fourth-order valence-corrected chi connectivity index (χ4v) is 2.42. The molecular weight excluding hydrogens is 304 g/mol. The van der Waals surface area contributed by atoms with Gasteiger partial charge in [0.25, 0.3) is 0 Å². The van der Waals surface area contributed by atoms with E-state index in [4.69, 9.17) is 14.2 Å². The largest absolute Gasteiger partial charge is 0.507 e. The highest BCUT2D eigenvalue weighted by Gasteiger charge is 2.18. The van der Waals surface area contributed by atoms with Crippen molar-refractivity contribution in [3.8, 4) is 17.2 Å². The number of aromatic hydroxyl groups is 1. The molecule has 0 radical (unpaired) electrons. The molecule has 0 amide bonds. The van der Waals surface area contributed by atoms with Gasteiger partial charge in [-0.1, -0.05) is 6.07 Å². The van der Waals surface area contributed by atoms with Gasteiger partial charge in [-0.25, -0.2) is 0 Å². The molecule has 1 aromatic carbocycles. The molecule has 2 rings (SSSR count). The summed E-state index contributed by atoms with van der Waals surface area (Å²) in [6.45, 7) is -0.0402. The number of hydrogen-bond acceptors (Lipinski definition) is 6. The predicted molar refractivity (Wildman–Crippen MR) is 84.8 cm³/mol. The number of carbonyl (C=O) groups excluding carboxylic acids is 1. The van der Waals surface area contributed by atoms with Crippen molar-refractivity contribution in [3.63, 3.8) is 0 Å². The zero-order valence-corrected chi connectivity index (χ0v) is 13.1. The van der Waals surface area contributed by atoms with Crippen LogP contribution in [0, 0.1) is 0 Å². The lowest BCUT2D eigenvalue weighted by Gasteiger charge is -2.12. The summed E-state index contributed by atoms with van der Waals surface area (Å²) in [5.41, 5.74) is 0.0747. The molecule has 1 heterocycles. The van der Waals surface area contributed by atoms with Gasteiger partial charge in [0.05, 0.1) is 7.11 Å². The Labute approximate surface area is 132 Å². The van der Waals surface area contributed by atoms with Crippen LogP contribution in [0.4, 0.5) is 0 Å². The zero-order valence-electron chi connectivity index (χ0n) is 12.2. The molecule has 0 spiro atoms. The van der Waals surface area contributed by atoms with Gasteiger partial charge >= 0.3 is 0 Å². The smallest absolute Gasteiger partial charge is 0.193 e. The molecule has 116 valence electrons. The number of methoxy groups -OCH3 is 2. The van der Waals surface area contributed by atoms with Gasteiger partial charge in [0.15, 0.2) is 12.6 Å². The van der Waals surface area contributed by atoms with Gasteiger partial charge in [-0.3, -0.25) is 4.79 Å². The Balaban J connectivity index is 2.32. The quantitative estimate of drug-likeness (QED) is 0.481. The monoisotopic (exact) mass is 320 g/mol. The first-order chi connectivity index (χ1) is 10.7. The fourth-order valence-electron chi connectivity index (χ4n) is 1.81. The molecule has 22 heavy (non-hydrogen) atoms. The number of ketones is 1. The van der Waals surface area contributed by atoms with Crippen LogP contribution >= 0.6 is 11.3 Å². The van der Waals surface area contributed by atoms with Crippen LogP contribution < -0.4 is 9.47 Å². The predicted octanol–water partition coefficient (Wildman–Crippen LogP) is 3.34. The molecule has 0 saturated carbocycles. The number of allylic oxidation sites excluding steroid dienone is 1. The molecule has 5 nitrogen and oxygen atoms in total. The number of thiophene rings is 1. The van der Waals surface area contributed by atoms with Gasteiger partial charge in [-0.2, -0.15) is 0 Å². The average molecular weight is 320 g/mol. The van der Waals surface area contributed by atoms with Crippen LogP contribution in [0.3, 0.4) is 0 Å². The minimum Gasteiger partial charge on any atom is -0.507 e. The molecule has 1 aromatic heterocycles. The Bertz CT molecular complexity index is 661. The molecule has 2 aromatic rings. The topological polar surface area (TPSA) is 65.0 Å². The number of ether oxygens (including phenoxy) is 3. The van der Waals surface area contributed by atoms with E-state index >= 15 is 0 Å². The van der Waals surface area contributed by atoms with Crippen LogP contribution in [0.5, 0.6) is 17.2 Å². The van der Waals surface area contributed by atoms with Gasteiger partial charge in [-0.05, 0) is 23.6 Å². The third kappa shape index (κ3) is 3.87. The molecule has 0 aliphatic carbocycles. The molecule has 1 N–H and O–H groups in total. The third-order valence-electron chi connectivity index (χ3n) is 2.81. The normalized spacial score (nSPS) is 10.8. The highest BCUT2D eigenvalue weighted by molar-refractivity contribution is 7.10. The second-order valence-electron chi connectivity index (χ2n) is 4.28. The number of hydrogen-bond donors (Lipinski definition) is 1. The van der Waals surface area contributed by atoms with Gasteiger partial charge in [0, 0.05) is 24.1 Å². The second kappa shape index (κ2) is 7.63. The Kier molecular flexibility index (Phi) is 5.57. The van der Waals surface area contributed by atoms with Crippen LogP contribution in [-0.4, -0.2) is 31.9 Å². The Hall–Kier alpha value is -2.31. The summed E-state index contributed by atoms with van der Waals surface area (Å²) in [6, 6.07) is 6.69. The van der Waals surface area contributed by atoms with Gasteiger partial charge in [-0.15, -0.1) is 11.3 Å². The lowest BCUT2D eigenvalue weighted by atomic mass is 10.1. The minimum absolute atomic E-state index is 0.0402. The summed E-state index contributed by atoms with van der Waals surface area (Å²) in [5.74, 6) is 0.0351. The number of rotatable bonds is 7. The molecule has 0 fully saturated rings. The first-order valence-corrected chi connectivity index (χ1v) is 7.32. The van der Waals surface area contributed by atoms with Crippen molar-refractivity contribution in [2.45, 2.75) is 0 Å². The molecular formula is C16H16O5S. The van der Waals surface area contributed by atoms with Crippen molar-refractivity contribution in [3.05, 3.63) is 46.2 Å². The number of carbonyl (C=O) groups is 1. The zero-order chi connectivity index (χ0) is 15.9. The maximum absolute atomic E-state index is 12.3. The van der Waals surface area contributed by atoms with Crippen LogP contribution in [0.25, 0.3) is 6.08 Å². The summed E-state index contributed by atoms with van der Waals surface area (Å²) in [7, 11) is 2.94. The number of phenolic OH excluding ortho intramolecular Hbond substituents is 1. The molecule has 0 atom stereocenters. The first-order valence-electron chi connectivity index (χ1n) is 6.44. The summed E-state index contributed by atoms with van der Waals surface area (Å²) >= 11 is 1.52. The van der Waals surface area contributed by atoms with Crippen molar-refractivity contribution < 1.29 is 24.1 Å². The second-order valence-corrected chi connectivity index (χ2v) is 5.26. The van der Waals surface area contributed by atoms with Gasteiger partial charge in [0.2, 0.25) is 0 Å². The molecule has 6 heteroatoms. The van der Waals surface area contributed by atoms with E-state index in [2.05, 4.69) is 0 Å². The fraction of sp³-hybridized carbons (Fsp3) is 0.188. The van der Waals surface area contributed by atoms with E-state index in [-0.39, 0.29) is 29.6 Å². The van der Waals surface area contributed by atoms with Crippen molar-refractivity contribution in [2.75, 3.05) is 21.0 Å². The van der Waals surface area contributed by atoms with Crippen LogP contribution in [0.1, 0.15) is 15.2 Å². The van der Waals surface area contributed by atoms with E-state index in [1.54, 1.807) is 6.08 Å². The molecule has 0 bridgehead atoms. The Morgan fingerprint density at radius 1 is 1.36 bits per heavy atom. The first kappa shape index (κ1) is 16.1. The lowest BCUT2D eigenvalue weighted by Crippen LogP contribution is -2.05. The highest BCUT2D eigenvalue weighted by atomic mass is 32.1. The highest BCUT2D eigenvalue weighted by Crippen LogP contribution is 2.34. The van der Waals surface area contributed by atoms with E-state index in [1.165, 1.54) is 43.8 Å². The van der Waals surface area contributed by atoms with E-state index in [1.807, 2.05) is 17.5 Å². The van der Waals surface area contributed by atoms with Crippen LogP contribution in [-0.2, 0) is 4.74 Å². The number of phenols is 1. The van der Waals surface area contributed by atoms with E-state index in [0.717, 1.165) is 4.88 Å². The molecule has 0 unspecified atom stereocenters. The third-order valence-corrected chi connectivity index (χ3v) is 3.65. The number of benzene rings is 1. The standard InChI is InChI=1S/C16H16O5S/c1-19-10-21-15-9-11(20-2)8-14(18)16(15)13(17)6-5-12-4-3-7-22-12/h3-9,18H,10H2,1-2H3/b6-5+. The van der Waals surface area contributed by atoms with Crippen molar-refractivity contribution in [2.24, 2.45) is 0 Å². The SMILES string of the molecule is COCOc1cc(OC)cc(O)c1C(=O)/C=C/c1cccs1. The lowest BCUT2D eigenvalue weighted by molar-refractivity contribution is 0.0500. The van der Waals surface area contributed by atoms with Crippen molar-refractivity contribution >= 4 is 23.2 Å². The summed E-state index contributed by atoms with van der Waals surface area (Å²) < 4.78 is 15.3. The van der Waals surface area contributed by atoms with E-state index in [9.17, 15) is 9.90 Å². The van der Waals surface area contributed by atoms with Crippen molar-refractivity contribution in [1.82, 2.24) is 0 Å². The van der Waals surface area contributed by atoms with Crippen molar-refractivity contribution in [1.29, 1.82) is 0 Å². The minimum atomic E-state index is -0.361.